The molecule has 1 aromatic carbocycles. The molecule has 0 aliphatic carbocycles. The van der Waals surface area contributed by atoms with Gasteiger partial charge in [0, 0.05) is 4.90 Å². The van der Waals surface area contributed by atoms with Crippen molar-refractivity contribution >= 4 is 22.3 Å². The first-order valence-electron chi connectivity index (χ1n) is 4.16. The Morgan fingerprint density at radius 2 is 2.33 bits per heavy atom. The molecule has 0 N–H and O–H groups in total. The van der Waals surface area contributed by atoms with Gasteiger partial charge in [0.2, 0.25) is 0 Å². The first kappa shape index (κ1) is 10.4. The molecular formula is C9H7FN2OS2. The molecule has 0 spiro atoms. The van der Waals surface area contributed by atoms with E-state index in [1.54, 1.807) is 18.3 Å². The zero-order valence-electron chi connectivity index (χ0n) is 7.59. The number of nitrogens with zero attached hydrogens (tertiary/aromatic N) is 2. The molecule has 0 radical (unpaired) electrons. The fraction of sp³-hybridized carbons (Fsp3) is 0.111. The van der Waals surface area contributed by atoms with Crippen LogP contribution in [0, 0.1) is 5.82 Å². The molecule has 15 heavy (non-hydrogen) atoms. The summed E-state index contributed by atoms with van der Waals surface area (Å²) in [6, 6.07) is 5.81. The summed E-state index contributed by atoms with van der Waals surface area (Å²) in [4.78, 5) is 1.32. The molecule has 1 heterocycles. The highest BCUT2D eigenvalue weighted by atomic mass is 32.2. The van der Waals surface area contributed by atoms with Crippen LogP contribution in [0.2, 0.25) is 0 Å². The molecule has 6 heteroatoms. The molecule has 1 atom stereocenters. The summed E-state index contributed by atoms with van der Waals surface area (Å²) in [6.45, 7) is 0. The minimum Gasteiger partial charge on any atom is -0.254 e. The Hall–Kier alpha value is -1.14. The summed E-state index contributed by atoms with van der Waals surface area (Å²) < 4.78 is 28.3. The fourth-order valence-corrected chi connectivity index (χ4v) is 2.87. The standard InChI is InChI=1S/C9H7FN2OS2/c10-7-2-1-3-9(4-7)15(13)6-8-5-11-12-14-8/h1-5H,6H2. The van der Waals surface area contributed by atoms with Crippen LogP contribution in [0.4, 0.5) is 4.39 Å². The molecule has 78 valence electrons. The maximum absolute atomic E-state index is 12.8. The van der Waals surface area contributed by atoms with Crippen molar-refractivity contribution in [3.05, 3.63) is 41.2 Å². The van der Waals surface area contributed by atoms with E-state index in [0.29, 0.717) is 10.6 Å². The highest BCUT2D eigenvalue weighted by molar-refractivity contribution is 7.84. The normalized spacial score (nSPS) is 12.6. The van der Waals surface area contributed by atoms with Gasteiger partial charge in [-0.3, -0.25) is 4.21 Å². The molecule has 0 bridgehead atoms. The van der Waals surface area contributed by atoms with E-state index in [2.05, 4.69) is 9.59 Å². The minimum absolute atomic E-state index is 0.334. The van der Waals surface area contributed by atoms with Crippen LogP contribution in [-0.2, 0) is 16.6 Å². The summed E-state index contributed by atoms with van der Waals surface area (Å²) in [5.74, 6) is -0.0375. The number of benzene rings is 1. The Kier molecular flexibility index (Phi) is 3.17. The van der Waals surface area contributed by atoms with Crippen LogP contribution in [0.5, 0.6) is 0 Å². The van der Waals surface area contributed by atoms with Crippen molar-refractivity contribution in [2.75, 3.05) is 0 Å². The summed E-state index contributed by atoms with van der Waals surface area (Å²) in [6.07, 6.45) is 1.57. The van der Waals surface area contributed by atoms with E-state index in [9.17, 15) is 8.60 Å². The smallest absolute Gasteiger partial charge is 0.124 e. The van der Waals surface area contributed by atoms with Gasteiger partial charge in [0.05, 0.1) is 27.6 Å². The molecule has 0 fully saturated rings. The van der Waals surface area contributed by atoms with Crippen molar-refractivity contribution in [2.24, 2.45) is 0 Å². The molecular weight excluding hydrogens is 235 g/mol. The van der Waals surface area contributed by atoms with E-state index < -0.39 is 10.8 Å². The molecule has 1 unspecified atom stereocenters. The molecule has 0 saturated carbocycles. The predicted molar refractivity (Wildman–Crippen MR) is 56.4 cm³/mol. The van der Waals surface area contributed by atoms with Crippen molar-refractivity contribution in [3.63, 3.8) is 0 Å². The van der Waals surface area contributed by atoms with Gasteiger partial charge < -0.3 is 0 Å². The van der Waals surface area contributed by atoms with Crippen molar-refractivity contribution in [2.45, 2.75) is 10.6 Å². The zero-order valence-corrected chi connectivity index (χ0v) is 9.22. The molecule has 0 amide bonds. The summed E-state index contributed by atoms with van der Waals surface area (Å²) in [7, 11) is -1.23. The third-order valence-corrected chi connectivity index (χ3v) is 3.94. The quantitative estimate of drug-likeness (QED) is 0.826. The molecule has 2 rings (SSSR count). The van der Waals surface area contributed by atoms with E-state index in [-0.39, 0.29) is 5.82 Å². The van der Waals surface area contributed by atoms with Crippen molar-refractivity contribution in [1.82, 2.24) is 9.59 Å². The molecule has 0 saturated heterocycles. The van der Waals surface area contributed by atoms with Gasteiger partial charge in [-0.05, 0) is 29.7 Å². The Balaban J connectivity index is 2.15. The average Bonchev–Trinajstić information content (AvgIpc) is 2.70. The average molecular weight is 242 g/mol. The van der Waals surface area contributed by atoms with Crippen LogP contribution in [0.25, 0.3) is 0 Å². The first-order valence-corrected chi connectivity index (χ1v) is 6.25. The highest BCUT2D eigenvalue weighted by Gasteiger charge is 2.07. The molecule has 0 aliphatic rings. The van der Waals surface area contributed by atoms with E-state index in [1.807, 2.05) is 0 Å². The van der Waals surface area contributed by atoms with E-state index >= 15 is 0 Å². The minimum atomic E-state index is -1.23. The monoisotopic (exact) mass is 242 g/mol. The molecule has 0 aliphatic heterocycles. The summed E-state index contributed by atoms with van der Waals surface area (Å²) in [5, 5.41) is 3.65. The second-order valence-corrected chi connectivity index (χ2v) is 5.15. The van der Waals surface area contributed by atoms with Gasteiger partial charge in [-0.1, -0.05) is 10.6 Å². The number of halogens is 1. The van der Waals surface area contributed by atoms with Crippen LogP contribution in [0.15, 0.2) is 35.4 Å². The lowest BCUT2D eigenvalue weighted by Crippen LogP contribution is -1.95. The van der Waals surface area contributed by atoms with Crippen molar-refractivity contribution in [1.29, 1.82) is 0 Å². The van der Waals surface area contributed by atoms with Crippen molar-refractivity contribution in [3.8, 4) is 0 Å². The number of aromatic nitrogens is 2. The van der Waals surface area contributed by atoms with Gasteiger partial charge in [-0.25, -0.2) is 4.39 Å². The topological polar surface area (TPSA) is 42.9 Å². The zero-order chi connectivity index (χ0) is 10.7. The molecule has 1 aromatic heterocycles. The maximum Gasteiger partial charge on any atom is 0.124 e. The second-order valence-electron chi connectivity index (χ2n) is 2.83. The van der Waals surface area contributed by atoms with Crippen LogP contribution < -0.4 is 0 Å². The van der Waals surface area contributed by atoms with E-state index in [4.69, 9.17) is 0 Å². The van der Waals surface area contributed by atoms with Gasteiger partial charge in [-0.2, -0.15) is 0 Å². The predicted octanol–water partition coefficient (Wildman–Crippen LogP) is 1.98. The second kappa shape index (κ2) is 4.59. The van der Waals surface area contributed by atoms with Crippen LogP contribution >= 0.6 is 11.5 Å². The lowest BCUT2D eigenvalue weighted by Gasteiger charge is -1.99. The van der Waals surface area contributed by atoms with Gasteiger partial charge in [0.1, 0.15) is 5.82 Å². The first-order chi connectivity index (χ1) is 7.25. The van der Waals surface area contributed by atoms with Gasteiger partial charge >= 0.3 is 0 Å². The Morgan fingerprint density at radius 1 is 1.47 bits per heavy atom. The number of hydrogen-bond donors (Lipinski definition) is 0. The Bertz CT molecular complexity index is 473. The van der Waals surface area contributed by atoms with E-state index in [0.717, 1.165) is 4.88 Å². The van der Waals surface area contributed by atoms with Crippen LogP contribution in [0.1, 0.15) is 4.88 Å². The van der Waals surface area contributed by atoms with Crippen molar-refractivity contribution < 1.29 is 8.60 Å². The highest BCUT2D eigenvalue weighted by Crippen LogP contribution is 2.14. The third kappa shape index (κ3) is 2.66. The van der Waals surface area contributed by atoms with Gasteiger partial charge in [-0.15, -0.1) is 5.10 Å². The van der Waals surface area contributed by atoms with Crippen LogP contribution in [0.3, 0.4) is 0 Å². The molecule has 3 nitrogen and oxygen atoms in total. The Morgan fingerprint density at radius 3 is 3.00 bits per heavy atom. The number of hydrogen-bond acceptors (Lipinski definition) is 4. The largest absolute Gasteiger partial charge is 0.254 e. The summed E-state index contributed by atoms with van der Waals surface area (Å²) in [5.41, 5.74) is 0. The Labute approximate surface area is 92.6 Å². The maximum atomic E-state index is 12.8. The molecule has 2 aromatic rings. The lowest BCUT2D eigenvalue weighted by molar-refractivity contribution is 0.622. The summed E-state index contributed by atoms with van der Waals surface area (Å²) >= 11 is 1.20. The number of rotatable bonds is 3. The van der Waals surface area contributed by atoms with Crippen LogP contribution in [-0.4, -0.2) is 13.8 Å². The van der Waals surface area contributed by atoms with E-state index in [1.165, 1.54) is 23.7 Å². The van der Waals surface area contributed by atoms with Gasteiger partial charge in [0.25, 0.3) is 0 Å². The SMILES string of the molecule is O=S(Cc1cnns1)c1cccc(F)c1. The third-order valence-electron chi connectivity index (χ3n) is 1.74. The fourth-order valence-electron chi connectivity index (χ4n) is 1.07. The van der Waals surface area contributed by atoms with Gasteiger partial charge in [0.15, 0.2) is 0 Å². The lowest BCUT2D eigenvalue weighted by atomic mass is 10.4.